The number of anilines is 1. The molecule has 0 bridgehead atoms. The Labute approximate surface area is 237 Å². The Balaban J connectivity index is 1.75. The van der Waals surface area contributed by atoms with Crippen molar-refractivity contribution in [1.82, 2.24) is 5.32 Å². The number of methoxy groups -OCH3 is 1. The van der Waals surface area contributed by atoms with E-state index in [0.717, 1.165) is 28.9 Å². The molecule has 0 fully saturated rings. The third-order valence-corrected chi connectivity index (χ3v) is 8.50. The van der Waals surface area contributed by atoms with Crippen molar-refractivity contribution in [1.29, 1.82) is 0 Å². The Morgan fingerprint density at radius 1 is 0.850 bits per heavy atom. The highest BCUT2D eigenvalue weighted by Gasteiger charge is 2.29. The van der Waals surface area contributed by atoms with Gasteiger partial charge in [-0.05, 0) is 66.8 Å². The fraction of sp³-hybridized carbons (Fsp3) is 0.242. The second-order valence-electron chi connectivity index (χ2n) is 10.3. The Morgan fingerprint density at radius 3 is 2.10 bits per heavy atom. The van der Waals surface area contributed by atoms with E-state index in [0.29, 0.717) is 11.6 Å². The molecule has 0 heterocycles. The van der Waals surface area contributed by atoms with Gasteiger partial charge in [0.2, 0.25) is 0 Å². The molecule has 0 aliphatic heterocycles. The highest BCUT2D eigenvalue weighted by Crippen LogP contribution is 2.31. The number of carbonyl (C=O) groups is 1. The summed E-state index contributed by atoms with van der Waals surface area (Å²) in [6.07, 6.45) is 0.718. The number of nitrogens with zero attached hydrogens (tertiary/aromatic N) is 1. The minimum Gasteiger partial charge on any atom is -0.497 e. The fourth-order valence-corrected chi connectivity index (χ4v) is 6.06. The summed E-state index contributed by atoms with van der Waals surface area (Å²) in [5.41, 5.74) is 3.33. The van der Waals surface area contributed by atoms with E-state index < -0.39 is 10.0 Å². The molecule has 0 saturated heterocycles. The smallest absolute Gasteiger partial charge is 0.264 e. The molecule has 4 aromatic carbocycles. The average Bonchev–Trinajstić information content (AvgIpc) is 2.96. The molecule has 0 spiro atoms. The van der Waals surface area contributed by atoms with Gasteiger partial charge in [0.15, 0.2) is 0 Å². The topological polar surface area (TPSA) is 75.7 Å². The van der Waals surface area contributed by atoms with Crippen molar-refractivity contribution in [3.63, 3.8) is 0 Å². The third-order valence-electron chi connectivity index (χ3n) is 6.73. The van der Waals surface area contributed by atoms with Gasteiger partial charge in [-0.1, -0.05) is 86.1 Å². The summed E-state index contributed by atoms with van der Waals surface area (Å²) < 4.78 is 34.7. The summed E-state index contributed by atoms with van der Waals surface area (Å²) in [6.45, 7) is 6.20. The average molecular weight is 557 g/mol. The summed E-state index contributed by atoms with van der Waals surface area (Å²) in [5.74, 6) is 0.718. The number of hydrogen-bond acceptors (Lipinski definition) is 4. The van der Waals surface area contributed by atoms with Crippen LogP contribution in [0.4, 0.5) is 5.69 Å². The number of sulfonamides is 1. The van der Waals surface area contributed by atoms with Crippen LogP contribution < -0.4 is 14.4 Å². The molecule has 0 radical (unpaired) electrons. The predicted molar refractivity (Wildman–Crippen MR) is 160 cm³/mol. The van der Waals surface area contributed by atoms with Crippen LogP contribution in [-0.2, 0) is 16.6 Å². The monoisotopic (exact) mass is 556 g/mol. The molecule has 1 amide bonds. The van der Waals surface area contributed by atoms with Crippen LogP contribution in [0.2, 0.25) is 0 Å². The van der Waals surface area contributed by atoms with E-state index >= 15 is 0 Å². The molecule has 1 N–H and O–H groups in total. The first kappa shape index (κ1) is 28.9. The predicted octanol–water partition coefficient (Wildman–Crippen LogP) is 6.92. The normalized spacial score (nSPS) is 12.1. The largest absolute Gasteiger partial charge is 0.497 e. The molecule has 4 rings (SSSR count). The highest BCUT2D eigenvalue weighted by molar-refractivity contribution is 7.92. The molecule has 0 unspecified atom stereocenters. The number of ether oxygens (including phenoxy) is 1. The lowest BCUT2D eigenvalue weighted by atomic mass is 9.96. The minimum absolute atomic E-state index is 0.0786. The number of amides is 1. The van der Waals surface area contributed by atoms with Crippen molar-refractivity contribution in [2.24, 2.45) is 5.92 Å². The number of para-hydroxylation sites is 1. The summed E-state index contributed by atoms with van der Waals surface area (Å²) >= 11 is 0. The molecule has 1 atom stereocenters. The summed E-state index contributed by atoms with van der Waals surface area (Å²) in [5, 5.41) is 3.17. The second kappa shape index (κ2) is 12.8. The molecule has 6 nitrogen and oxygen atoms in total. The first-order chi connectivity index (χ1) is 19.2. The lowest BCUT2D eigenvalue weighted by Crippen LogP contribution is -2.35. The molecule has 0 aromatic heterocycles. The fourth-order valence-electron chi connectivity index (χ4n) is 4.59. The van der Waals surface area contributed by atoms with Crippen LogP contribution in [0.15, 0.2) is 108 Å². The van der Waals surface area contributed by atoms with Crippen LogP contribution in [0.1, 0.15) is 53.4 Å². The van der Waals surface area contributed by atoms with E-state index in [1.807, 2.05) is 61.5 Å². The van der Waals surface area contributed by atoms with Crippen molar-refractivity contribution >= 4 is 21.6 Å². The molecular weight excluding hydrogens is 520 g/mol. The van der Waals surface area contributed by atoms with Crippen molar-refractivity contribution in [2.75, 3.05) is 11.4 Å². The molecule has 0 aliphatic rings. The third kappa shape index (κ3) is 6.90. The Hall–Kier alpha value is -4.10. The van der Waals surface area contributed by atoms with Gasteiger partial charge in [-0.3, -0.25) is 9.10 Å². The van der Waals surface area contributed by atoms with Crippen LogP contribution in [0, 0.1) is 12.8 Å². The highest BCUT2D eigenvalue weighted by atomic mass is 32.2. The van der Waals surface area contributed by atoms with Gasteiger partial charge in [0.05, 0.1) is 35.8 Å². The van der Waals surface area contributed by atoms with Gasteiger partial charge < -0.3 is 10.1 Å². The standard InChI is InChI=1S/C33H36N2O4S/c1-24(2)22-31(27-16-18-28(39-4)19-17-27)34-33(36)30-12-8-9-13-32(30)35(23-26-10-6-5-7-11-26)40(37,38)29-20-14-25(3)15-21-29/h5-21,24,31H,22-23H2,1-4H3,(H,34,36)/t31-/m1/s1. The van der Waals surface area contributed by atoms with Crippen molar-refractivity contribution in [3.8, 4) is 5.75 Å². The quantitative estimate of drug-likeness (QED) is 0.218. The van der Waals surface area contributed by atoms with Crippen LogP contribution in [0.5, 0.6) is 5.75 Å². The molecular formula is C33H36N2O4S. The van der Waals surface area contributed by atoms with Gasteiger partial charge in [0.25, 0.3) is 15.9 Å². The second-order valence-corrected chi connectivity index (χ2v) is 12.1. The molecule has 0 saturated carbocycles. The maximum Gasteiger partial charge on any atom is 0.264 e. The zero-order chi connectivity index (χ0) is 28.7. The SMILES string of the molecule is COc1ccc([C@@H](CC(C)C)NC(=O)c2ccccc2N(Cc2ccccc2)S(=O)(=O)c2ccc(C)cc2)cc1. The maximum absolute atomic E-state index is 14.1. The van der Waals surface area contributed by atoms with Crippen LogP contribution in [0.3, 0.4) is 0 Å². The van der Waals surface area contributed by atoms with E-state index in [-0.39, 0.29) is 29.0 Å². The van der Waals surface area contributed by atoms with Crippen LogP contribution in [-0.4, -0.2) is 21.4 Å². The van der Waals surface area contributed by atoms with Crippen LogP contribution in [0.25, 0.3) is 0 Å². The maximum atomic E-state index is 14.1. The molecule has 208 valence electrons. The van der Waals surface area contributed by atoms with Gasteiger partial charge in [0, 0.05) is 0 Å². The first-order valence-corrected chi connectivity index (χ1v) is 14.8. The van der Waals surface area contributed by atoms with E-state index in [1.54, 1.807) is 55.6 Å². The van der Waals surface area contributed by atoms with Gasteiger partial charge in [-0.15, -0.1) is 0 Å². The van der Waals surface area contributed by atoms with E-state index in [2.05, 4.69) is 19.2 Å². The zero-order valence-corrected chi connectivity index (χ0v) is 24.2. The summed E-state index contributed by atoms with van der Waals surface area (Å²) in [7, 11) is -2.38. The zero-order valence-electron chi connectivity index (χ0n) is 23.4. The lowest BCUT2D eigenvalue weighted by molar-refractivity contribution is 0.0932. The Kier molecular flexibility index (Phi) is 9.27. The van der Waals surface area contributed by atoms with Crippen molar-refractivity contribution < 1.29 is 17.9 Å². The van der Waals surface area contributed by atoms with Crippen molar-refractivity contribution in [3.05, 3.63) is 125 Å². The van der Waals surface area contributed by atoms with Gasteiger partial charge in [-0.2, -0.15) is 0 Å². The summed E-state index contributed by atoms with van der Waals surface area (Å²) in [6, 6.07) is 30.4. The van der Waals surface area contributed by atoms with Crippen LogP contribution >= 0.6 is 0 Å². The molecule has 4 aromatic rings. The first-order valence-electron chi connectivity index (χ1n) is 13.4. The van der Waals surface area contributed by atoms with E-state index in [1.165, 1.54) is 4.31 Å². The van der Waals surface area contributed by atoms with E-state index in [9.17, 15) is 13.2 Å². The van der Waals surface area contributed by atoms with Gasteiger partial charge >= 0.3 is 0 Å². The molecule has 7 heteroatoms. The molecule has 0 aliphatic carbocycles. The van der Waals surface area contributed by atoms with Gasteiger partial charge in [0.1, 0.15) is 5.75 Å². The minimum atomic E-state index is -3.99. The number of benzene rings is 4. The lowest BCUT2D eigenvalue weighted by Gasteiger charge is -2.28. The number of carbonyl (C=O) groups excluding carboxylic acids is 1. The summed E-state index contributed by atoms with van der Waals surface area (Å²) in [4.78, 5) is 14.0. The van der Waals surface area contributed by atoms with E-state index in [4.69, 9.17) is 4.74 Å². The number of aryl methyl sites for hydroxylation is 1. The van der Waals surface area contributed by atoms with Crippen molar-refractivity contribution in [2.45, 2.75) is 44.7 Å². The Morgan fingerprint density at radius 2 is 1.48 bits per heavy atom. The number of nitrogens with one attached hydrogen (secondary N) is 1. The number of hydrogen-bond donors (Lipinski definition) is 1. The number of rotatable bonds is 11. The molecule has 40 heavy (non-hydrogen) atoms. The van der Waals surface area contributed by atoms with Gasteiger partial charge in [-0.25, -0.2) is 8.42 Å². The Bertz CT molecular complexity index is 1520.